The Morgan fingerprint density at radius 3 is 2.09 bits per heavy atom. The van der Waals surface area contributed by atoms with Crippen molar-refractivity contribution in [1.29, 1.82) is 0 Å². The molecule has 0 amide bonds. The van der Waals surface area contributed by atoms with Gasteiger partial charge in [0.2, 0.25) is 0 Å². The minimum absolute atomic E-state index is 0.269. The summed E-state index contributed by atoms with van der Waals surface area (Å²) in [5, 5.41) is 0. The monoisotopic (exact) mass is 173 g/mol. The van der Waals surface area contributed by atoms with Gasteiger partial charge >= 0.3 is 0 Å². The van der Waals surface area contributed by atoms with E-state index in [0.717, 1.165) is 6.54 Å². The SMILES string of the molecule is CC1(C)CCN(S)C(C)(C)C1. The summed E-state index contributed by atoms with van der Waals surface area (Å²) < 4.78 is 2.16. The normalized spacial score (nSPS) is 30.3. The van der Waals surface area contributed by atoms with Crippen molar-refractivity contribution in [3.63, 3.8) is 0 Å². The van der Waals surface area contributed by atoms with Gasteiger partial charge in [0.15, 0.2) is 0 Å². The molecule has 0 saturated carbocycles. The molecule has 0 aromatic heterocycles. The van der Waals surface area contributed by atoms with Crippen LogP contribution in [0, 0.1) is 5.41 Å². The number of rotatable bonds is 0. The molecule has 0 bridgehead atoms. The second kappa shape index (κ2) is 2.67. The Kier molecular flexibility index (Phi) is 2.28. The van der Waals surface area contributed by atoms with E-state index in [1.54, 1.807) is 0 Å². The van der Waals surface area contributed by atoms with Crippen molar-refractivity contribution in [1.82, 2.24) is 4.31 Å². The van der Waals surface area contributed by atoms with Crippen LogP contribution in [0.15, 0.2) is 0 Å². The van der Waals surface area contributed by atoms with Crippen LogP contribution in [0.25, 0.3) is 0 Å². The van der Waals surface area contributed by atoms with Crippen molar-refractivity contribution >= 4 is 12.8 Å². The minimum atomic E-state index is 0.269. The molecule has 1 aliphatic heterocycles. The maximum atomic E-state index is 4.45. The van der Waals surface area contributed by atoms with E-state index in [-0.39, 0.29) is 5.54 Å². The van der Waals surface area contributed by atoms with Gasteiger partial charge in [-0.1, -0.05) is 26.7 Å². The number of nitrogens with zero attached hydrogens (tertiary/aromatic N) is 1. The van der Waals surface area contributed by atoms with Crippen molar-refractivity contribution in [2.75, 3.05) is 6.54 Å². The molecule has 1 nitrogen and oxygen atoms in total. The quantitative estimate of drug-likeness (QED) is 0.551. The Bertz CT molecular complexity index is 152. The van der Waals surface area contributed by atoms with E-state index in [1.807, 2.05) is 0 Å². The van der Waals surface area contributed by atoms with Crippen LogP contribution < -0.4 is 0 Å². The van der Waals surface area contributed by atoms with Crippen LogP contribution in [-0.2, 0) is 0 Å². The first-order valence-electron chi connectivity index (χ1n) is 4.30. The number of hydrogen-bond acceptors (Lipinski definition) is 2. The van der Waals surface area contributed by atoms with Crippen LogP contribution in [0.3, 0.4) is 0 Å². The maximum Gasteiger partial charge on any atom is 0.0260 e. The average Bonchev–Trinajstić information content (AvgIpc) is 1.77. The Morgan fingerprint density at radius 1 is 1.18 bits per heavy atom. The summed E-state index contributed by atoms with van der Waals surface area (Å²) in [5.74, 6) is 0. The first kappa shape index (κ1) is 9.40. The highest BCUT2D eigenvalue weighted by Crippen LogP contribution is 2.40. The molecular formula is C9H19NS. The predicted molar refractivity (Wildman–Crippen MR) is 52.8 cm³/mol. The molecule has 0 radical (unpaired) electrons. The molecule has 1 fully saturated rings. The van der Waals surface area contributed by atoms with Gasteiger partial charge in [-0.05, 0) is 32.1 Å². The highest BCUT2D eigenvalue weighted by atomic mass is 32.1. The second-order valence-electron chi connectivity index (χ2n) is 5.03. The third-order valence-electron chi connectivity index (χ3n) is 2.61. The smallest absolute Gasteiger partial charge is 0.0260 e. The van der Waals surface area contributed by atoms with Gasteiger partial charge in [-0.3, -0.25) is 0 Å². The van der Waals surface area contributed by atoms with E-state index in [2.05, 4.69) is 44.8 Å². The summed E-state index contributed by atoms with van der Waals surface area (Å²) in [4.78, 5) is 0. The summed E-state index contributed by atoms with van der Waals surface area (Å²) >= 11 is 4.45. The standard InChI is InChI=1S/C9H19NS/c1-8(2)5-6-10(11)9(3,4)7-8/h11H,5-7H2,1-4H3. The lowest BCUT2D eigenvalue weighted by Gasteiger charge is -2.46. The van der Waals surface area contributed by atoms with Crippen molar-refractivity contribution in [2.24, 2.45) is 5.41 Å². The number of hydrogen-bond donors (Lipinski definition) is 1. The zero-order chi connectivity index (χ0) is 8.70. The average molecular weight is 173 g/mol. The molecule has 0 atom stereocenters. The molecule has 0 N–H and O–H groups in total. The Labute approximate surface area is 75.7 Å². The second-order valence-corrected chi connectivity index (χ2v) is 5.51. The molecule has 0 aromatic rings. The Balaban J connectivity index is 2.67. The summed E-state index contributed by atoms with van der Waals surface area (Å²) in [6.45, 7) is 10.3. The van der Waals surface area contributed by atoms with Gasteiger partial charge in [-0.2, -0.15) is 0 Å². The molecule has 1 rings (SSSR count). The van der Waals surface area contributed by atoms with Gasteiger partial charge in [-0.25, -0.2) is 4.31 Å². The van der Waals surface area contributed by atoms with E-state index in [9.17, 15) is 0 Å². The minimum Gasteiger partial charge on any atom is -0.248 e. The zero-order valence-electron chi connectivity index (χ0n) is 8.02. The fourth-order valence-electron chi connectivity index (χ4n) is 2.06. The van der Waals surface area contributed by atoms with E-state index in [0.29, 0.717) is 5.41 Å². The van der Waals surface area contributed by atoms with E-state index >= 15 is 0 Å². The first-order valence-corrected chi connectivity index (χ1v) is 4.70. The fraction of sp³-hybridized carbons (Fsp3) is 1.00. The van der Waals surface area contributed by atoms with Crippen LogP contribution in [0.2, 0.25) is 0 Å². The zero-order valence-corrected chi connectivity index (χ0v) is 8.91. The van der Waals surface area contributed by atoms with Gasteiger partial charge in [0.05, 0.1) is 0 Å². The molecule has 1 aliphatic rings. The largest absolute Gasteiger partial charge is 0.248 e. The Hall–Kier alpha value is 0.310. The van der Waals surface area contributed by atoms with Crippen molar-refractivity contribution in [2.45, 2.75) is 46.1 Å². The number of piperidine rings is 1. The lowest BCUT2D eigenvalue weighted by Crippen LogP contribution is -2.47. The summed E-state index contributed by atoms with van der Waals surface area (Å²) in [6, 6.07) is 0. The van der Waals surface area contributed by atoms with Crippen molar-refractivity contribution in [3.05, 3.63) is 0 Å². The molecule has 11 heavy (non-hydrogen) atoms. The maximum absolute atomic E-state index is 4.45. The van der Waals surface area contributed by atoms with Crippen LogP contribution in [-0.4, -0.2) is 16.4 Å². The van der Waals surface area contributed by atoms with E-state index in [4.69, 9.17) is 0 Å². The van der Waals surface area contributed by atoms with E-state index in [1.165, 1.54) is 12.8 Å². The number of thiol groups is 1. The lowest BCUT2D eigenvalue weighted by molar-refractivity contribution is 0.0878. The molecular weight excluding hydrogens is 154 g/mol. The molecule has 0 unspecified atom stereocenters. The predicted octanol–water partition coefficient (Wildman–Crippen LogP) is 2.73. The van der Waals surface area contributed by atoms with Crippen LogP contribution >= 0.6 is 12.8 Å². The highest BCUT2D eigenvalue weighted by molar-refractivity contribution is 7.77. The van der Waals surface area contributed by atoms with Crippen molar-refractivity contribution in [3.8, 4) is 0 Å². The molecule has 0 aliphatic carbocycles. The molecule has 1 heterocycles. The molecule has 66 valence electrons. The third-order valence-corrected chi connectivity index (χ3v) is 3.35. The summed E-state index contributed by atoms with van der Waals surface area (Å²) in [6.07, 6.45) is 2.50. The first-order chi connectivity index (χ1) is 4.83. The van der Waals surface area contributed by atoms with Crippen molar-refractivity contribution < 1.29 is 0 Å². The molecule has 0 aromatic carbocycles. The van der Waals surface area contributed by atoms with Gasteiger partial charge in [0.1, 0.15) is 0 Å². The highest BCUT2D eigenvalue weighted by Gasteiger charge is 2.37. The molecule has 2 heteroatoms. The van der Waals surface area contributed by atoms with Gasteiger partial charge < -0.3 is 0 Å². The van der Waals surface area contributed by atoms with Gasteiger partial charge in [0, 0.05) is 12.1 Å². The third kappa shape index (κ3) is 2.12. The van der Waals surface area contributed by atoms with E-state index < -0.39 is 0 Å². The fourth-order valence-corrected chi connectivity index (χ4v) is 2.23. The topological polar surface area (TPSA) is 3.24 Å². The Morgan fingerprint density at radius 2 is 1.73 bits per heavy atom. The van der Waals surface area contributed by atoms with Gasteiger partial charge in [-0.15, -0.1) is 0 Å². The van der Waals surface area contributed by atoms with Gasteiger partial charge in [0.25, 0.3) is 0 Å². The summed E-state index contributed by atoms with van der Waals surface area (Å²) in [5.41, 5.74) is 0.771. The lowest BCUT2D eigenvalue weighted by atomic mass is 9.74. The molecule has 0 spiro atoms. The van der Waals surface area contributed by atoms with Crippen LogP contribution in [0.5, 0.6) is 0 Å². The summed E-state index contributed by atoms with van der Waals surface area (Å²) in [7, 11) is 0. The molecule has 1 saturated heterocycles. The van der Waals surface area contributed by atoms with Crippen LogP contribution in [0.1, 0.15) is 40.5 Å². The van der Waals surface area contributed by atoms with Crippen LogP contribution in [0.4, 0.5) is 0 Å².